The predicted octanol–water partition coefficient (Wildman–Crippen LogP) is 4.37. The van der Waals surface area contributed by atoms with Crippen molar-refractivity contribution in [2.75, 3.05) is 13.9 Å². The van der Waals surface area contributed by atoms with Gasteiger partial charge in [0.15, 0.2) is 24.6 Å². The number of halogens is 2. The van der Waals surface area contributed by atoms with Crippen molar-refractivity contribution in [2.24, 2.45) is 0 Å². The highest BCUT2D eigenvalue weighted by Gasteiger charge is 2.18. The monoisotopic (exact) mass is 412 g/mol. The second kappa shape index (κ2) is 7.42. The highest BCUT2D eigenvalue weighted by Crippen LogP contribution is 2.36. The fourth-order valence-corrected chi connectivity index (χ4v) is 3.11. The van der Waals surface area contributed by atoms with Crippen LogP contribution in [0, 0.1) is 0 Å². The first-order valence-corrected chi connectivity index (χ1v) is 8.27. The molecule has 2 aromatic rings. The maximum atomic E-state index is 11.1. The van der Waals surface area contributed by atoms with Gasteiger partial charge < -0.3 is 18.9 Å². The maximum absolute atomic E-state index is 11.1. The van der Waals surface area contributed by atoms with Crippen LogP contribution in [-0.2, 0) is 18.0 Å². The number of rotatable bonds is 5. The Morgan fingerprint density at radius 2 is 2.12 bits per heavy atom. The molecule has 0 aromatic heterocycles. The molecule has 0 aliphatic carbocycles. The molecule has 1 aliphatic rings. The molecule has 0 bridgehead atoms. The van der Waals surface area contributed by atoms with E-state index in [1.165, 1.54) is 7.11 Å². The average molecular weight is 414 g/mol. The standard InChI is InChI=1S/C17H14BrClO5/c1-21-15-5-14(18)10(6-20)4-16(15)23-8-12-3-13(19)2-11-7-22-9-24-17(11)12/h2-6H,7-9H2,1H3. The van der Waals surface area contributed by atoms with Gasteiger partial charge in [0, 0.05) is 26.2 Å². The molecule has 3 rings (SSSR count). The highest BCUT2D eigenvalue weighted by molar-refractivity contribution is 9.10. The fourth-order valence-electron chi connectivity index (χ4n) is 2.43. The first-order chi connectivity index (χ1) is 11.6. The van der Waals surface area contributed by atoms with Crippen LogP contribution in [0.2, 0.25) is 5.02 Å². The first kappa shape index (κ1) is 17.1. The average Bonchev–Trinajstić information content (AvgIpc) is 2.59. The van der Waals surface area contributed by atoms with Crippen molar-refractivity contribution in [2.45, 2.75) is 13.2 Å². The van der Waals surface area contributed by atoms with E-state index in [9.17, 15) is 4.79 Å². The Balaban J connectivity index is 1.89. The number of fused-ring (bicyclic) bond motifs is 1. The van der Waals surface area contributed by atoms with Gasteiger partial charge in [-0.05, 0) is 40.2 Å². The summed E-state index contributed by atoms with van der Waals surface area (Å²) in [6.07, 6.45) is 0.748. The van der Waals surface area contributed by atoms with Crippen molar-refractivity contribution in [1.29, 1.82) is 0 Å². The number of hydrogen-bond donors (Lipinski definition) is 0. The molecule has 7 heteroatoms. The van der Waals surface area contributed by atoms with Gasteiger partial charge in [-0.2, -0.15) is 0 Å². The summed E-state index contributed by atoms with van der Waals surface area (Å²) >= 11 is 9.47. The molecule has 0 saturated carbocycles. The summed E-state index contributed by atoms with van der Waals surface area (Å²) < 4.78 is 22.6. The van der Waals surface area contributed by atoms with Crippen LogP contribution in [0.5, 0.6) is 17.2 Å². The van der Waals surface area contributed by atoms with Crippen LogP contribution in [0.3, 0.4) is 0 Å². The molecule has 0 spiro atoms. The van der Waals surface area contributed by atoms with Crippen molar-refractivity contribution in [1.82, 2.24) is 0 Å². The summed E-state index contributed by atoms with van der Waals surface area (Å²) in [6.45, 7) is 0.859. The maximum Gasteiger partial charge on any atom is 0.189 e. The zero-order valence-corrected chi connectivity index (χ0v) is 15.1. The lowest BCUT2D eigenvalue weighted by atomic mass is 10.1. The lowest BCUT2D eigenvalue weighted by Crippen LogP contribution is -2.14. The van der Waals surface area contributed by atoms with E-state index < -0.39 is 0 Å². The third kappa shape index (κ3) is 3.50. The van der Waals surface area contributed by atoms with Crippen molar-refractivity contribution in [3.63, 3.8) is 0 Å². The van der Waals surface area contributed by atoms with Crippen LogP contribution in [0.1, 0.15) is 21.5 Å². The Morgan fingerprint density at radius 1 is 1.29 bits per heavy atom. The Labute approximate surface area is 152 Å². The number of aldehydes is 1. The summed E-state index contributed by atoms with van der Waals surface area (Å²) in [5.74, 6) is 1.70. The first-order valence-electron chi connectivity index (χ1n) is 7.09. The van der Waals surface area contributed by atoms with Crippen molar-refractivity contribution < 1.29 is 23.7 Å². The van der Waals surface area contributed by atoms with E-state index >= 15 is 0 Å². The molecule has 0 saturated heterocycles. The quantitative estimate of drug-likeness (QED) is 0.681. The second-order valence-corrected chi connectivity index (χ2v) is 6.39. The van der Waals surface area contributed by atoms with Crippen LogP contribution in [0.15, 0.2) is 28.7 Å². The molecule has 0 atom stereocenters. The summed E-state index contributed by atoms with van der Waals surface area (Å²) in [6, 6.07) is 6.91. The molecule has 126 valence electrons. The number of carbonyl (C=O) groups is 1. The minimum Gasteiger partial charge on any atom is -0.493 e. The highest BCUT2D eigenvalue weighted by atomic mass is 79.9. The molecule has 0 N–H and O–H groups in total. The predicted molar refractivity (Wildman–Crippen MR) is 92.1 cm³/mol. The van der Waals surface area contributed by atoms with E-state index in [0.717, 1.165) is 23.2 Å². The van der Waals surface area contributed by atoms with E-state index in [-0.39, 0.29) is 13.4 Å². The minimum absolute atomic E-state index is 0.193. The van der Waals surface area contributed by atoms with Crippen molar-refractivity contribution in [3.05, 3.63) is 50.5 Å². The molecule has 0 fully saturated rings. The molecular weight excluding hydrogens is 400 g/mol. The van der Waals surface area contributed by atoms with Gasteiger partial charge in [-0.1, -0.05) is 11.6 Å². The van der Waals surface area contributed by atoms with Crippen molar-refractivity contribution >= 4 is 33.8 Å². The van der Waals surface area contributed by atoms with Gasteiger partial charge in [0.1, 0.15) is 12.4 Å². The largest absolute Gasteiger partial charge is 0.493 e. The van der Waals surface area contributed by atoms with E-state index in [1.807, 2.05) is 6.07 Å². The molecule has 0 unspecified atom stereocenters. The van der Waals surface area contributed by atoms with Gasteiger partial charge >= 0.3 is 0 Å². The van der Waals surface area contributed by atoms with Gasteiger partial charge in [0.25, 0.3) is 0 Å². The lowest BCUT2D eigenvalue weighted by molar-refractivity contribution is -0.0175. The molecule has 0 radical (unpaired) electrons. The molecule has 1 aliphatic heterocycles. The smallest absolute Gasteiger partial charge is 0.189 e. The van der Waals surface area contributed by atoms with Gasteiger partial charge in [-0.3, -0.25) is 4.79 Å². The van der Waals surface area contributed by atoms with Gasteiger partial charge in [0.2, 0.25) is 0 Å². The van der Waals surface area contributed by atoms with E-state index in [4.69, 9.17) is 30.5 Å². The van der Waals surface area contributed by atoms with Crippen LogP contribution < -0.4 is 14.2 Å². The topological polar surface area (TPSA) is 54.0 Å². The molecule has 1 heterocycles. The number of methoxy groups -OCH3 is 1. The van der Waals surface area contributed by atoms with E-state index in [1.54, 1.807) is 18.2 Å². The molecule has 24 heavy (non-hydrogen) atoms. The summed E-state index contributed by atoms with van der Waals surface area (Å²) in [7, 11) is 1.54. The molecule has 5 nitrogen and oxygen atoms in total. The lowest BCUT2D eigenvalue weighted by Gasteiger charge is -2.21. The number of hydrogen-bond acceptors (Lipinski definition) is 5. The normalized spacial score (nSPS) is 13.0. The fraction of sp³-hybridized carbons (Fsp3) is 0.235. The number of ether oxygens (including phenoxy) is 4. The Hall–Kier alpha value is -1.76. The zero-order chi connectivity index (χ0) is 17.1. The van der Waals surface area contributed by atoms with Gasteiger partial charge in [0.05, 0.1) is 13.7 Å². The summed E-state index contributed by atoms with van der Waals surface area (Å²) in [5, 5.41) is 0.581. The Bertz CT molecular complexity index is 778. The molecule has 0 amide bonds. The molecular formula is C17H14BrClO5. The Morgan fingerprint density at radius 3 is 2.88 bits per heavy atom. The van der Waals surface area contributed by atoms with Crippen LogP contribution >= 0.6 is 27.5 Å². The third-order valence-electron chi connectivity index (χ3n) is 3.54. The van der Waals surface area contributed by atoms with Crippen LogP contribution in [0.4, 0.5) is 0 Å². The number of carbonyl (C=O) groups excluding carboxylic acids is 1. The van der Waals surface area contributed by atoms with Crippen molar-refractivity contribution in [3.8, 4) is 17.2 Å². The zero-order valence-electron chi connectivity index (χ0n) is 12.8. The van der Waals surface area contributed by atoms with Gasteiger partial charge in [-0.15, -0.1) is 0 Å². The Kier molecular flexibility index (Phi) is 5.28. The molecule has 2 aromatic carbocycles. The van der Waals surface area contributed by atoms with E-state index in [2.05, 4.69) is 15.9 Å². The van der Waals surface area contributed by atoms with Crippen LogP contribution in [0.25, 0.3) is 0 Å². The minimum atomic E-state index is 0.193. The summed E-state index contributed by atoms with van der Waals surface area (Å²) in [5.41, 5.74) is 2.16. The summed E-state index contributed by atoms with van der Waals surface area (Å²) in [4.78, 5) is 11.1. The van der Waals surface area contributed by atoms with E-state index in [0.29, 0.717) is 33.2 Å². The van der Waals surface area contributed by atoms with Gasteiger partial charge in [-0.25, -0.2) is 0 Å². The third-order valence-corrected chi connectivity index (χ3v) is 4.45. The second-order valence-electron chi connectivity index (χ2n) is 5.09. The SMILES string of the molecule is COc1cc(Br)c(C=O)cc1OCc1cc(Cl)cc2c1OCOC2. The number of benzene rings is 2. The van der Waals surface area contributed by atoms with Crippen LogP contribution in [-0.4, -0.2) is 20.2 Å².